The van der Waals surface area contributed by atoms with Crippen molar-refractivity contribution in [2.75, 3.05) is 20.8 Å². The van der Waals surface area contributed by atoms with Crippen LogP contribution in [0.4, 0.5) is 0 Å². The highest BCUT2D eigenvalue weighted by Crippen LogP contribution is 2.31. The Morgan fingerprint density at radius 2 is 2.08 bits per heavy atom. The first kappa shape index (κ1) is 23.9. The van der Waals surface area contributed by atoms with E-state index in [-0.39, 0.29) is 5.56 Å². The molecular formula is C25H26N6O4S. The first-order valence-corrected chi connectivity index (χ1v) is 12.3. The maximum absolute atomic E-state index is 13.5. The average Bonchev–Trinajstić information content (AvgIpc) is 3.67. The number of thiophene rings is 1. The van der Waals surface area contributed by atoms with Crippen LogP contribution >= 0.6 is 11.3 Å². The van der Waals surface area contributed by atoms with Gasteiger partial charge in [0.05, 0.1) is 33.1 Å². The van der Waals surface area contributed by atoms with Gasteiger partial charge < -0.3 is 18.9 Å². The Labute approximate surface area is 211 Å². The Kier molecular flexibility index (Phi) is 7.21. The van der Waals surface area contributed by atoms with E-state index in [1.165, 1.54) is 0 Å². The van der Waals surface area contributed by atoms with E-state index < -0.39 is 6.04 Å². The van der Waals surface area contributed by atoms with Crippen molar-refractivity contribution in [3.8, 4) is 5.75 Å². The minimum absolute atomic E-state index is 0.213. The lowest BCUT2D eigenvalue weighted by molar-refractivity contribution is 0.164. The molecular weight excluding hydrogens is 480 g/mol. The zero-order chi connectivity index (χ0) is 24.9. The van der Waals surface area contributed by atoms with E-state index >= 15 is 0 Å². The third kappa shape index (κ3) is 5.08. The van der Waals surface area contributed by atoms with Gasteiger partial charge in [-0.2, -0.15) is 0 Å². The average molecular weight is 507 g/mol. The number of aromatic amines is 1. The number of methoxy groups -OCH3 is 2. The quantitative estimate of drug-likeness (QED) is 0.289. The minimum Gasteiger partial charge on any atom is -0.497 e. The number of ether oxygens (including phenoxy) is 2. The van der Waals surface area contributed by atoms with E-state index in [4.69, 9.17) is 13.9 Å². The summed E-state index contributed by atoms with van der Waals surface area (Å²) >= 11 is 1.65. The number of aromatic nitrogens is 5. The van der Waals surface area contributed by atoms with Gasteiger partial charge in [0.15, 0.2) is 5.82 Å². The van der Waals surface area contributed by atoms with Gasteiger partial charge in [-0.3, -0.25) is 9.69 Å². The summed E-state index contributed by atoms with van der Waals surface area (Å²) in [5.41, 5.74) is 1.03. The Morgan fingerprint density at radius 3 is 2.83 bits per heavy atom. The Bertz CT molecular complexity index is 1430. The zero-order valence-corrected chi connectivity index (χ0v) is 20.8. The largest absolute Gasteiger partial charge is 0.497 e. The molecule has 1 atom stereocenters. The van der Waals surface area contributed by atoms with Crippen LogP contribution < -0.4 is 10.3 Å². The number of hydrogen-bond acceptors (Lipinski definition) is 9. The van der Waals surface area contributed by atoms with Crippen LogP contribution in [-0.2, 0) is 24.4 Å². The van der Waals surface area contributed by atoms with Gasteiger partial charge in [-0.1, -0.05) is 6.07 Å². The number of H-pyrrole nitrogens is 1. The minimum atomic E-state index is -0.566. The van der Waals surface area contributed by atoms with Gasteiger partial charge in [0.25, 0.3) is 5.56 Å². The molecule has 0 aliphatic carbocycles. The van der Waals surface area contributed by atoms with Crippen LogP contribution in [0.2, 0.25) is 0 Å². The highest BCUT2D eigenvalue weighted by Gasteiger charge is 2.31. The lowest BCUT2D eigenvalue weighted by Gasteiger charge is -2.30. The maximum atomic E-state index is 13.5. The zero-order valence-electron chi connectivity index (χ0n) is 20.0. The first-order chi connectivity index (χ1) is 17.7. The van der Waals surface area contributed by atoms with E-state index in [0.29, 0.717) is 43.4 Å². The molecule has 186 valence electrons. The normalized spacial score (nSPS) is 12.4. The molecule has 0 radical (unpaired) electrons. The van der Waals surface area contributed by atoms with Crippen molar-refractivity contribution in [1.82, 2.24) is 30.1 Å². The van der Waals surface area contributed by atoms with E-state index in [9.17, 15) is 4.79 Å². The number of nitrogens with one attached hydrogen (secondary N) is 1. The lowest BCUT2D eigenvalue weighted by atomic mass is 10.0. The van der Waals surface area contributed by atoms with Crippen molar-refractivity contribution in [2.45, 2.75) is 25.7 Å². The highest BCUT2D eigenvalue weighted by molar-refractivity contribution is 7.09. The van der Waals surface area contributed by atoms with Crippen LogP contribution in [0.3, 0.4) is 0 Å². The molecule has 0 aliphatic rings. The van der Waals surface area contributed by atoms with Crippen molar-refractivity contribution in [2.24, 2.45) is 0 Å². The number of pyridine rings is 1. The fourth-order valence-corrected chi connectivity index (χ4v) is 4.95. The Morgan fingerprint density at radius 1 is 1.17 bits per heavy atom. The van der Waals surface area contributed by atoms with Crippen LogP contribution in [0.5, 0.6) is 5.75 Å². The summed E-state index contributed by atoms with van der Waals surface area (Å²) in [5, 5.41) is 15.4. The summed E-state index contributed by atoms with van der Waals surface area (Å²) in [6.45, 7) is 1.89. The fourth-order valence-electron chi connectivity index (χ4n) is 4.22. The van der Waals surface area contributed by atoms with Crippen LogP contribution in [0.15, 0.2) is 69.4 Å². The molecule has 4 aromatic heterocycles. The Hall–Kier alpha value is -3.80. The number of benzene rings is 1. The van der Waals surface area contributed by atoms with Gasteiger partial charge in [-0.25, -0.2) is 4.68 Å². The molecule has 4 heterocycles. The fraction of sp³-hybridized carbons (Fsp3) is 0.280. The molecule has 0 saturated carbocycles. The predicted octanol–water partition coefficient (Wildman–Crippen LogP) is 3.62. The van der Waals surface area contributed by atoms with E-state index in [0.717, 1.165) is 21.5 Å². The molecule has 0 saturated heterocycles. The van der Waals surface area contributed by atoms with Crippen LogP contribution in [0.25, 0.3) is 10.9 Å². The molecule has 36 heavy (non-hydrogen) atoms. The molecule has 0 bridgehead atoms. The number of rotatable bonds is 11. The molecule has 0 amide bonds. The number of hydrogen-bond donors (Lipinski definition) is 1. The van der Waals surface area contributed by atoms with Crippen molar-refractivity contribution >= 4 is 22.2 Å². The second-order valence-electron chi connectivity index (χ2n) is 8.23. The molecule has 11 heteroatoms. The van der Waals surface area contributed by atoms with Crippen LogP contribution in [0.1, 0.15) is 28.1 Å². The predicted molar refractivity (Wildman–Crippen MR) is 135 cm³/mol. The summed E-state index contributed by atoms with van der Waals surface area (Å²) in [6.07, 6.45) is 1.64. The number of furan rings is 1. The lowest BCUT2D eigenvalue weighted by Crippen LogP contribution is -2.34. The molecule has 5 aromatic rings. The highest BCUT2D eigenvalue weighted by atomic mass is 32.1. The van der Waals surface area contributed by atoms with E-state index in [2.05, 4.69) is 31.5 Å². The first-order valence-electron chi connectivity index (χ1n) is 11.4. The van der Waals surface area contributed by atoms with Crippen LogP contribution in [0, 0.1) is 0 Å². The van der Waals surface area contributed by atoms with Gasteiger partial charge >= 0.3 is 0 Å². The van der Waals surface area contributed by atoms with E-state index in [1.807, 2.05) is 47.8 Å². The molecule has 10 nitrogen and oxygen atoms in total. The number of tetrazole rings is 1. The van der Waals surface area contributed by atoms with Gasteiger partial charge in [0, 0.05) is 35.0 Å². The van der Waals surface area contributed by atoms with Crippen molar-refractivity contribution in [3.05, 3.63) is 92.6 Å². The summed E-state index contributed by atoms with van der Waals surface area (Å²) in [7, 11) is 3.25. The molecule has 0 fully saturated rings. The second-order valence-corrected chi connectivity index (χ2v) is 9.26. The summed E-state index contributed by atoms with van der Waals surface area (Å²) in [5.74, 6) is 2.02. The molecule has 1 aromatic carbocycles. The van der Waals surface area contributed by atoms with Gasteiger partial charge in [0.1, 0.15) is 17.6 Å². The third-order valence-electron chi connectivity index (χ3n) is 5.93. The molecule has 5 rings (SSSR count). The standard InChI is InChI=1S/C25H26N6O4S/c1-33-11-9-31-24(27-28-29-31)23(21-14-17-13-18(34-2)7-8-22(17)26-25(21)32)30(15-19-5-3-10-35-19)16-20-6-4-12-36-20/h3-8,10,12-14,23H,9,11,15-16H2,1-2H3,(H,26,32)/t23-/m0/s1. The number of nitrogens with zero attached hydrogens (tertiary/aromatic N) is 5. The maximum Gasteiger partial charge on any atom is 0.253 e. The SMILES string of the molecule is COCCn1nnnc1[C@H](c1cc2cc(OC)ccc2[nH]c1=O)N(Cc1ccco1)Cc1cccs1. The molecule has 0 unspecified atom stereocenters. The van der Waals surface area contributed by atoms with Crippen LogP contribution in [-0.4, -0.2) is 50.9 Å². The third-order valence-corrected chi connectivity index (χ3v) is 6.79. The van der Waals surface area contributed by atoms with Crippen molar-refractivity contribution in [3.63, 3.8) is 0 Å². The Balaban J connectivity index is 1.68. The molecule has 0 spiro atoms. The van der Waals surface area contributed by atoms with Crippen molar-refractivity contribution < 1.29 is 13.9 Å². The van der Waals surface area contributed by atoms with Gasteiger partial charge in [0.2, 0.25) is 0 Å². The topological polar surface area (TPSA) is 111 Å². The summed E-state index contributed by atoms with van der Waals surface area (Å²) < 4.78 is 18.1. The second kappa shape index (κ2) is 10.9. The smallest absolute Gasteiger partial charge is 0.253 e. The monoisotopic (exact) mass is 506 g/mol. The molecule has 0 aliphatic heterocycles. The number of fused-ring (bicyclic) bond motifs is 1. The van der Waals surface area contributed by atoms with E-state index in [1.54, 1.807) is 36.5 Å². The van der Waals surface area contributed by atoms with Gasteiger partial charge in [-0.15, -0.1) is 16.4 Å². The molecule has 1 N–H and O–H groups in total. The van der Waals surface area contributed by atoms with Crippen molar-refractivity contribution in [1.29, 1.82) is 0 Å². The summed E-state index contributed by atoms with van der Waals surface area (Å²) in [6, 6.07) is 14.7. The summed E-state index contributed by atoms with van der Waals surface area (Å²) in [4.78, 5) is 19.8. The van der Waals surface area contributed by atoms with Gasteiger partial charge in [-0.05, 0) is 58.3 Å².